The Labute approximate surface area is 154 Å². The normalized spacial score (nSPS) is 12.2. The lowest BCUT2D eigenvalue weighted by Crippen LogP contribution is -2.27. The van der Waals surface area contributed by atoms with Crippen molar-refractivity contribution < 1.29 is 9.32 Å². The van der Waals surface area contributed by atoms with Gasteiger partial charge in [-0.15, -0.1) is 0 Å². The van der Waals surface area contributed by atoms with Crippen LogP contribution in [0.3, 0.4) is 0 Å². The minimum atomic E-state index is -0.146. The highest BCUT2D eigenvalue weighted by atomic mass is 16.5. The van der Waals surface area contributed by atoms with Crippen molar-refractivity contribution in [3.8, 4) is 11.1 Å². The molecule has 3 rings (SSSR count). The van der Waals surface area contributed by atoms with E-state index in [1.807, 2.05) is 39.0 Å². The molecule has 0 unspecified atom stereocenters. The number of rotatable bonds is 5. The molecule has 0 saturated heterocycles. The highest BCUT2D eigenvalue weighted by Gasteiger charge is 2.23. The molecule has 1 amide bonds. The third kappa shape index (κ3) is 3.69. The Balaban J connectivity index is 1.75. The molecule has 1 atom stereocenters. The van der Waals surface area contributed by atoms with Crippen molar-refractivity contribution in [1.29, 1.82) is 0 Å². The van der Waals surface area contributed by atoms with E-state index in [0.29, 0.717) is 17.0 Å². The summed E-state index contributed by atoms with van der Waals surface area (Å²) >= 11 is 0. The molecule has 2 aromatic carbocycles. The van der Waals surface area contributed by atoms with Crippen LogP contribution in [-0.4, -0.2) is 11.1 Å². The Bertz CT molecular complexity index is 880. The second kappa shape index (κ2) is 7.56. The molecule has 0 fully saturated rings. The van der Waals surface area contributed by atoms with Gasteiger partial charge in [-0.2, -0.15) is 0 Å². The number of hydrogen-bond donors (Lipinski definition) is 1. The van der Waals surface area contributed by atoms with Gasteiger partial charge in [0.15, 0.2) is 5.76 Å². The predicted octanol–water partition coefficient (Wildman–Crippen LogP) is 5.26. The maximum atomic E-state index is 12.7. The summed E-state index contributed by atoms with van der Waals surface area (Å²) in [6.45, 7) is 7.75. The molecule has 4 heteroatoms. The van der Waals surface area contributed by atoms with Crippen molar-refractivity contribution in [3.05, 3.63) is 77.2 Å². The van der Waals surface area contributed by atoms with Crippen molar-refractivity contribution >= 4 is 5.91 Å². The minimum absolute atomic E-state index is 0.109. The summed E-state index contributed by atoms with van der Waals surface area (Å²) in [5.41, 5.74) is 4.56. The quantitative estimate of drug-likeness (QED) is 0.684. The van der Waals surface area contributed by atoms with Gasteiger partial charge in [0.2, 0.25) is 0 Å². The first-order valence-corrected chi connectivity index (χ1v) is 8.89. The Hall–Kier alpha value is -2.88. The summed E-state index contributed by atoms with van der Waals surface area (Å²) in [5.74, 6) is 0.594. The number of nitrogens with one attached hydrogen (secondary N) is 1. The Morgan fingerprint density at radius 3 is 2.19 bits per heavy atom. The molecule has 0 radical (unpaired) electrons. The van der Waals surface area contributed by atoms with E-state index in [-0.39, 0.29) is 17.9 Å². The van der Waals surface area contributed by atoms with Crippen molar-refractivity contribution in [2.75, 3.05) is 0 Å². The average Bonchev–Trinajstić information content (AvgIpc) is 3.04. The van der Waals surface area contributed by atoms with Crippen LogP contribution < -0.4 is 5.32 Å². The summed E-state index contributed by atoms with van der Waals surface area (Å²) in [7, 11) is 0. The topological polar surface area (TPSA) is 55.1 Å². The van der Waals surface area contributed by atoms with E-state index in [2.05, 4.69) is 46.9 Å². The van der Waals surface area contributed by atoms with Crippen molar-refractivity contribution in [2.45, 2.75) is 39.7 Å². The minimum Gasteiger partial charge on any atom is -0.360 e. The predicted molar refractivity (Wildman–Crippen MR) is 103 cm³/mol. The Kier molecular flexibility index (Phi) is 5.21. The maximum Gasteiger partial charge on any atom is 0.257 e. The molecule has 1 aromatic heterocycles. The number of benzene rings is 2. The zero-order chi connectivity index (χ0) is 18.7. The van der Waals surface area contributed by atoms with Crippen LogP contribution in [0.4, 0.5) is 0 Å². The van der Waals surface area contributed by atoms with Crippen LogP contribution in [0.5, 0.6) is 0 Å². The van der Waals surface area contributed by atoms with Crippen molar-refractivity contribution in [3.63, 3.8) is 0 Å². The highest BCUT2D eigenvalue weighted by molar-refractivity contribution is 5.96. The first-order chi connectivity index (χ1) is 12.5. The lowest BCUT2D eigenvalue weighted by atomic mass is 10.0. The summed E-state index contributed by atoms with van der Waals surface area (Å²) in [5, 5.41) is 7.00. The van der Waals surface area contributed by atoms with E-state index in [9.17, 15) is 4.79 Å². The fourth-order valence-corrected chi connectivity index (χ4v) is 3.00. The van der Waals surface area contributed by atoms with Gasteiger partial charge in [-0.1, -0.05) is 73.6 Å². The molecule has 0 spiro atoms. The number of hydrogen-bond acceptors (Lipinski definition) is 3. The summed E-state index contributed by atoms with van der Waals surface area (Å²) in [6.07, 6.45) is 0. The van der Waals surface area contributed by atoms with Crippen LogP contribution in [0.1, 0.15) is 60.1 Å². The van der Waals surface area contributed by atoms with E-state index in [0.717, 1.165) is 11.1 Å². The zero-order valence-corrected chi connectivity index (χ0v) is 15.6. The molecule has 0 bridgehead atoms. The zero-order valence-electron chi connectivity index (χ0n) is 15.6. The molecular weight excluding hydrogens is 324 g/mol. The van der Waals surface area contributed by atoms with E-state index < -0.39 is 0 Å². The van der Waals surface area contributed by atoms with E-state index in [1.165, 1.54) is 5.56 Å². The van der Waals surface area contributed by atoms with Crippen molar-refractivity contribution in [2.24, 2.45) is 0 Å². The number of aromatic nitrogens is 1. The fourth-order valence-electron chi connectivity index (χ4n) is 3.00. The molecule has 1 N–H and O–H groups in total. The third-order valence-electron chi connectivity index (χ3n) is 4.51. The number of nitrogens with zero attached hydrogens (tertiary/aromatic N) is 1. The molecule has 26 heavy (non-hydrogen) atoms. The first-order valence-electron chi connectivity index (χ1n) is 8.89. The van der Waals surface area contributed by atoms with Gasteiger partial charge in [0.05, 0.1) is 11.7 Å². The van der Waals surface area contributed by atoms with Gasteiger partial charge in [-0.05, 0) is 30.5 Å². The van der Waals surface area contributed by atoms with Gasteiger partial charge in [0.1, 0.15) is 5.56 Å². The SMILES string of the molecule is Cc1noc(C(C)C)c1C(=O)N[C@@H](C)c1ccc(-c2ccccc2)cc1. The van der Waals surface area contributed by atoms with Crippen LogP contribution >= 0.6 is 0 Å². The van der Waals surface area contributed by atoms with Crippen LogP contribution in [0.2, 0.25) is 0 Å². The molecule has 1 heterocycles. The molecule has 0 aliphatic heterocycles. The highest BCUT2D eigenvalue weighted by Crippen LogP contribution is 2.24. The smallest absolute Gasteiger partial charge is 0.257 e. The maximum absolute atomic E-state index is 12.7. The summed E-state index contributed by atoms with van der Waals surface area (Å²) in [6, 6.07) is 18.4. The van der Waals surface area contributed by atoms with Gasteiger partial charge in [-0.3, -0.25) is 4.79 Å². The largest absolute Gasteiger partial charge is 0.360 e. The molecule has 0 aliphatic carbocycles. The Morgan fingerprint density at radius 1 is 0.962 bits per heavy atom. The fraction of sp³-hybridized carbons (Fsp3) is 0.273. The van der Waals surface area contributed by atoms with Gasteiger partial charge in [-0.25, -0.2) is 0 Å². The van der Waals surface area contributed by atoms with Gasteiger partial charge in [0, 0.05) is 5.92 Å². The summed E-state index contributed by atoms with van der Waals surface area (Å²) in [4.78, 5) is 12.7. The van der Waals surface area contributed by atoms with E-state index in [1.54, 1.807) is 6.92 Å². The molecule has 0 saturated carbocycles. The molecule has 3 aromatic rings. The number of carbonyl (C=O) groups is 1. The Morgan fingerprint density at radius 2 is 1.58 bits per heavy atom. The molecule has 0 aliphatic rings. The molecular formula is C22H24N2O2. The molecule has 4 nitrogen and oxygen atoms in total. The molecule has 134 valence electrons. The van der Waals surface area contributed by atoms with Gasteiger partial charge >= 0.3 is 0 Å². The van der Waals surface area contributed by atoms with Crippen LogP contribution in [-0.2, 0) is 0 Å². The van der Waals surface area contributed by atoms with E-state index >= 15 is 0 Å². The van der Waals surface area contributed by atoms with Gasteiger partial charge < -0.3 is 9.84 Å². The second-order valence-corrected chi connectivity index (χ2v) is 6.85. The van der Waals surface area contributed by atoms with Crippen LogP contribution in [0.25, 0.3) is 11.1 Å². The lowest BCUT2D eigenvalue weighted by molar-refractivity contribution is 0.0937. The van der Waals surface area contributed by atoms with Gasteiger partial charge in [0.25, 0.3) is 5.91 Å². The first kappa shape index (κ1) is 17.9. The third-order valence-corrected chi connectivity index (χ3v) is 4.51. The monoisotopic (exact) mass is 348 g/mol. The number of carbonyl (C=O) groups excluding carboxylic acids is 1. The van der Waals surface area contributed by atoms with Crippen molar-refractivity contribution in [1.82, 2.24) is 10.5 Å². The van der Waals surface area contributed by atoms with Crippen LogP contribution in [0.15, 0.2) is 59.1 Å². The number of amides is 1. The lowest BCUT2D eigenvalue weighted by Gasteiger charge is -2.15. The second-order valence-electron chi connectivity index (χ2n) is 6.85. The van der Waals surface area contributed by atoms with Crippen LogP contribution in [0, 0.1) is 6.92 Å². The standard InChI is InChI=1S/C22H24N2O2/c1-14(2)21-20(16(4)24-26-21)22(25)23-15(3)17-10-12-19(13-11-17)18-8-6-5-7-9-18/h5-15H,1-4H3,(H,23,25)/t15-/m0/s1. The number of aryl methyl sites for hydroxylation is 1. The summed E-state index contributed by atoms with van der Waals surface area (Å²) < 4.78 is 5.32. The van der Waals surface area contributed by atoms with E-state index in [4.69, 9.17) is 4.52 Å². The average molecular weight is 348 g/mol.